The van der Waals surface area contributed by atoms with E-state index in [0.29, 0.717) is 12.8 Å². The van der Waals surface area contributed by atoms with E-state index in [9.17, 15) is 14.7 Å². The molecule has 0 saturated heterocycles. The van der Waals surface area contributed by atoms with Gasteiger partial charge in [0.05, 0.1) is 11.5 Å². The van der Waals surface area contributed by atoms with Crippen molar-refractivity contribution in [1.29, 1.82) is 0 Å². The number of benzene rings is 2. The summed E-state index contributed by atoms with van der Waals surface area (Å²) in [6, 6.07) is 15.5. The Morgan fingerprint density at radius 2 is 1.44 bits per heavy atom. The molecule has 2 aromatic carbocycles. The Bertz CT molecular complexity index is 771. The lowest BCUT2D eigenvalue weighted by atomic mass is 9.83. The molecule has 2 rings (SSSR count). The van der Waals surface area contributed by atoms with Crippen molar-refractivity contribution in [3.8, 4) is 0 Å². The predicted molar refractivity (Wildman–Crippen MR) is 96.0 cm³/mol. The molecule has 0 aliphatic carbocycles. The van der Waals surface area contributed by atoms with Crippen LogP contribution in [0, 0.1) is 0 Å². The summed E-state index contributed by atoms with van der Waals surface area (Å²) in [5.74, 6) is -1.86. The van der Waals surface area contributed by atoms with Crippen LogP contribution >= 0.6 is 0 Å². The van der Waals surface area contributed by atoms with Crippen LogP contribution in [-0.4, -0.2) is 11.9 Å². The first-order valence-electron chi connectivity index (χ1n) is 7.94. The molecule has 0 heterocycles. The highest BCUT2D eigenvalue weighted by Crippen LogP contribution is 2.30. The van der Waals surface area contributed by atoms with Crippen LogP contribution < -0.4 is 10.4 Å². The van der Waals surface area contributed by atoms with E-state index < -0.39 is 17.4 Å². The van der Waals surface area contributed by atoms with Gasteiger partial charge in [-0.1, -0.05) is 60.7 Å². The average molecular weight is 334 g/mol. The molecule has 0 bridgehead atoms. The third-order valence-electron chi connectivity index (χ3n) is 4.06. The maximum absolute atomic E-state index is 12.8. The fraction of sp³-hybridized carbons (Fsp3) is 0.143. The molecule has 1 N–H and O–H groups in total. The number of rotatable bonds is 8. The van der Waals surface area contributed by atoms with E-state index in [0.717, 1.165) is 5.56 Å². The molecule has 0 unspecified atom stereocenters. The highest BCUT2D eigenvalue weighted by molar-refractivity contribution is 6.04. The van der Waals surface area contributed by atoms with Crippen LogP contribution in [0.1, 0.15) is 39.1 Å². The van der Waals surface area contributed by atoms with Crippen LogP contribution in [0.15, 0.2) is 79.9 Å². The third kappa shape index (κ3) is 4.04. The molecule has 0 radical (unpaired) electrons. The Hall–Kier alpha value is -3.14. The van der Waals surface area contributed by atoms with Gasteiger partial charge in [0.2, 0.25) is 0 Å². The average Bonchev–Trinajstić information content (AvgIpc) is 2.62. The molecule has 0 aromatic heterocycles. The summed E-state index contributed by atoms with van der Waals surface area (Å²) >= 11 is 0. The van der Waals surface area contributed by atoms with Crippen LogP contribution in [0.3, 0.4) is 0 Å². The number of carbonyl (C=O) groups excluding carboxylic acids is 2. The first-order valence-corrected chi connectivity index (χ1v) is 7.94. The second-order valence-electron chi connectivity index (χ2n) is 5.72. The summed E-state index contributed by atoms with van der Waals surface area (Å²) < 4.78 is 0. The Balaban J connectivity index is 2.47. The third-order valence-corrected chi connectivity index (χ3v) is 4.06. The molecule has 2 aromatic rings. The highest BCUT2D eigenvalue weighted by Gasteiger charge is 2.32. The summed E-state index contributed by atoms with van der Waals surface area (Å²) in [5, 5.41) is 14.3. The maximum atomic E-state index is 12.8. The molecule has 0 saturated carbocycles. The van der Waals surface area contributed by atoms with E-state index in [-0.39, 0.29) is 11.1 Å². The van der Waals surface area contributed by atoms with Crippen molar-refractivity contribution >= 4 is 11.9 Å². The maximum Gasteiger partial charge on any atom is 0.252 e. The minimum atomic E-state index is -1.39. The number of nitrogens with one attached hydrogen (secondary N) is 1. The molecule has 0 aliphatic heterocycles. The Labute approximate surface area is 147 Å². The quantitative estimate of drug-likeness (QED) is 0.755. The lowest BCUT2D eigenvalue weighted by molar-refractivity contribution is -0.255. The zero-order valence-corrected chi connectivity index (χ0v) is 13.9. The van der Waals surface area contributed by atoms with Gasteiger partial charge in [0.1, 0.15) is 0 Å². The zero-order valence-electron chi connectivity index (χ0n) is 13.9. The summed E-state index contributed by atoms with van der Waals surface area (Å²) in [6.07, 6.45) is 4.40. The molecular weight excluding hydrogens is 314 g/mol. The fourth-order valence-corrected chi connectivity index (χ4v) is 2.89. The Kier molecular flexibility index (Phi) is 5.90. The van der Waals surface area contributed by atoms with Crippen molar-refractivity contribution in [2.75, 3.05) is 0 Å². The van der Waals surface area contributed by atoms with E-state index in [2.05, 4.69) is 18.5 Å². The van der Waals surface area contributed by atoms with E-state index in [1.807, 2.05) is 30.3 Å². The molecule has 0 fully saturated rings. The van der Waals surface area contributed by atoms with Gasteiger partial charge in [-0.05, 0) is 24.5 Å². The number of carboxylic acids is 1. The minimum absolute atomic E-state index is 0.0657. The van der Waals surface area contributed by atoms with Gasteiger partial charge in [-0.25, -0.2) is 0 Å². The number of hydrogen-bond acceptors (Lipinski definition) is 3. The molecular formula is C21H20NO3-. The van der Waals surface area contributed by atoms with Crippen molar-refractivity contribution in [1.82, 2.24) is 5.32 Å². The first-order chi connectivity index (χ1) is 12.0. The van der Waals surface area contributed by atoms with Crippen molar-refractivity contribution in [2.45, 2.75) is 18.4 Å². The summed E-state index contributed by atoms with van der Waals surface area (Å²) in [4.78, 5) is 24.1. The van der Waals surface area contributed by atoms with E-state index >= 15 is 0 Å². The minimum Gasteiger partial charge on any atom is -0.545 e. The number of carbonyl (C=O) groups is 2. The molecule has 4 heteroatoms. The van der Waals surface area contributed by atoms with Crippen LogP contribution in [0.5, 0.6) is 0 Å². The van der Waals surface area contributed by atoms with Crippen molar-refractivity contribution in [3.05, 3.63) is 96.6 Å². The fourth-order valence-electron chi connectivity index (χ4n) is 2.89. The topological polar surface area (TPSA) is 69.2 Å². The number of amides is 1. The number of carboxylic acid groups (broad SMARTS) is 1. The summed E-state index contributed by atoms with van der Waals surface area (Å²) in [5.41, 5.74) is 0.0742. The van der Waals surface area contributed by atoms with E-state index in [4.69, 9.17) is 0 Å². The second-order valence-corrected chi connectivity index (χ2v) is 5.72. The molecule has 1 amide bonds. The molecule has 128 valence electrons. The van der Waals surface area contributed by atoms with Crippen molar-refractivity contribution < 1.29 is 14.7 Å². The van der Waals surface area contributed by atoms with Crippen molar-refractivity contribution in [2.24, 2.45) is 0 Å². The van der Waals surface area contributed by atoms with E-state index in [1.54, 1.807) is 24.3 Å². The molecule has 0 aliphatic rings. The highest BCUT2D eigenvalue weighted by atomic mass is 16.4. The Morgan fingerprint density at radius 1 is 0.920 bits per heavy atom. The smallest absolute Gasteiger partial charge is 0.252 e. The lowest BCUT2D eigenvalue weighted by Gasteiger charge is -2.34. The second kappa shape index (κ2) is 8.11. The molecule has 25 heavy (non-hydrogen) atoms. The van der Waals surface area contributed by atoms with Gasteiger partial charge in [0.25, 0.3) is 5.91 Å². The van der Waals surface area contributed by atoms with Crippen LogP contribution in [0.2, 0.25) is 0 Å². The monoisotopic (exact) mass is 334 g/mol. The van der Waals surface area contributed by atoms with Gasteiger partial charge in [0.15, 0.2) is 0 Å². The van der Waals surface area contributed by atoms with Crippen LogP contribution in [-0.2, 0) is 5.54 Å². The predicted octanol–water partition coefficient (Wildman–Crippen LogP) is 2.83. The van der Waals surface area contributed by atoms with Gasteiger partial charge < -0.3 is 15.2 Å². The molecule has 0 atom stereocenters. The van der Waals surface area contributed by atoms with Crippen molar-refractivity contribution in [3.63, 3.8) is 0 Å². The van der Waals surface area contributed by atoms with Gasteiger partial charge >= 0.3 is 0 Å². The van der Waals surface area contributed by atoms with Crippen LogP contribution in [0.4, 0.5) is 0 Å². The van der Waals surface area contributed by atoms with Gasteiger partial charge in [-0.15, -0.1) is 13.2 Å². The normalized spacial score (nSPS) is 10.7. The Morgan fingerprint density at radius 3 is 1.96 bits per heavy atom. The summed E-state index contributed by atoms with van der Waals surface area (Å²) in [7, 11) is 0. The SMILES string of the molecule is C=CCC(CC=C)(NC(=O)c1ccccc1C(=O)[O-])c1ccccc1. The molecule has 4 nitrogen and oxygen atoms in total. The van der Waals surface area contributed by atoms with Crippen LogP contribution in [0.25, 0.3) is 0 Å². The number of hydrogen-bond donors (Lipinski definition) is 1. The van der Waals surface area contributed by atoms with E-state index in [1.165, 1.54) is 12.1 Å². The van der Waals surface area contributed by atoms with Gasteiger partial charge in [-0.3, -0.25) is 4.79 Å². The summed E-state index contributed by atoms with van der Waals surface area (Å²) in [6.45, 7) is 7.58. The zero-order chi connectivity index (χ0) is 18.3. The largest absolute Gasteiger partial charge is 0.545 e. The first kappa shape index (κ1) is 18.2. The lowest BCUT2D eigenvalue weighted by Crippen LogP contribution is -2.46. The number of aromatic carboxylic acids is 1. The van der Waals surface area contributed by atoms with Gasteiger partial charge in [-0.2, -0.15) is 0 Å². The molecule has 0 spiro atoms. The van der Waals surface area contributed by atoms with Gasteiger partial charge in [0, 0.05) is 11.1 Å². The standard InChI is InChI=1S/C21H21NO3/c1-3-14-21(15-4-2,16-10-6-5-7-11-16)22-19(23)17-12-8-9-13-18(17)20(24)25/h3-13H,1-2,14-15H2,(H,22,23)(H,24,25)/p-1.